The lowest BCUT2D eigenvalue weighted by Gasteiger charge is -2.24. The van der Waals surface area contributed by atoms with Gasteiger partial charge in [0.15, 0.2) is 0 Å². The van der Waals surface area contributed by atoms with Gasteiger partial charge in [-0.05, 0) is 25.7 Å². The lowest BCUT2D eigenvalue weighted by molar-refractivity contribution is 0.106. The van der Waals surface area contributed by atoms with E-state index in [9.17, 15) is 5.11 Å². The van der Waals surface area contributed by atoms with Gasteiger partial charge < -0.3 is 15.2 Å². The molecule has 1 aliphatic rings. The molecule has 84 valence electrons. The molecular formula is C11H23NO2. The topological polar surface area (TPSA) is 41.5 Å². The standard InChI is InChI=1S/C11H23NO2/c1-8(2)6-10(7-13)12-11-4-5-14-9(11)3/h8-13H,4-7H2,1-3H3/t9-,10-,11+/m0/s1. The highest BCUT2D eigenvalue weighted by molar-refractivity contribution is 4.83. The van der Waals surface area contributed by atoms with Crippen LogP contribution in [-0.2, 0) is 4.74 Å². The highest BCUT2D eigenvalue weighted by atomic mass is 16.5. The summed E-state index contributed by atoms with van der Waals surface area (Å²) in [4.78, 5) is 0. The first kappa shape index (κ1) is 12.0. The predicted molar refractivity (Wildman–Crippen MR) is 57.3 cm³/mol. The van der Waals surface area contributed by atoms with Crippen LogP contribution < -0.4 is 5.32 Å². The Bertz CT molecular complexity index is 161. The van der Waals surface area contributed by atoms with Gasteiger partial charge >= 0.3 is 0 Å². The summed E-state index contributed by atoms with van der Waals surface area (Å²) >= 11 is 0. The van der Waals surface area contributed by atoms with Gasteiger partial charge in [0.05, 0.1) is 12.7 Å². The van der Waals surface area contributed by atoms with Crippen LogP contribution in [0.4, 0.5) is 0 Å². The van der Waals surface area contributed by atoms with Crippen LogP contribution in [0.3, 0.4) is 0 Å². The molecule has 0 amide bonds. The average Bonchev–Trinajstić information content (AvgIpc) is 2.50. The van der Waals surface area contributed by atoms with Crippen LogP contribution in [0.25, 0.3) is 0 Å². The first-order valence-corrected chi connectivity index (χ1v) is 5.62. The molecule has 1 fully saturated rings. The van der Waals surface area contributed by atoms with Crippen LogP contribution in [0, 0.1) is 5.92 Å². The van der Waals surface area contributed by atoms with Crippen molar-refractivity contribution in [1.82, 2.24) is 5.32 Å². The second-order valence-corrected chi connectivity index (χ2v) is 4.65. The number of hydrogen-bond acceptors (Lipinski definition) is 3. The first-order valence-electron chi connectivity index (χ1n) is 5.62. The fraction of sp³-hybridized carbons (Fsp3) is 1.00. The van der Waals surface area contributed by atoms with Crippen molar-refractivity contribution in [2.45, 2.75) is 51.8 Å². The molecule has 1 rings (SSSR count). The quantitative estimate of drug-likeness (QED) is 0.701. The summed E-state index contributed by atoms with van der Waals surface area (Å²) in [5, 5.41) is 12.7. The average molecular weight is 201 g/mol. The third-order valence-electron chi connectivity index (χ3n) is 2.80. The Kier molecular flexibility index (Phi) is 4.85. The molecule has 1 heterocycles. The summed E-state index contributed by atoms with van der Waals surface area (Å²) in [7, 11) is 0. The Morgan fingerprint density at radius 1 is 1.50 bits per heavy atom. The van der Waals surface area contributed by atoms with E-state index in [1.807, 2.05) is 0 Å². The van der Waals surface area contributed by atoms with Crippen molar-refractivity contribution in [1.29, 1.82) is 0 Å². The van der Waals surface area contributed by atoms with E-state index in [1.54, 1.807) is 0 Å². The van der Waals surface area contributed by atoms with E-state index in [-0.39, 0.29) is 18.8 Å². The van der Waals surface area contributed by atoms with E-state index in [4.69, 9.17) is 4.74 Å². The van der Waals surface area contributed by atoms with Crippen molar-refractivity contribution in [3.05, 3.63) is 0 Å². The zero-order valence-corrected chi connectivity index (χ0v) is 9.49. The van der Waals surface area contributed by atoms with Crippen LogP contribution >= 0.6 is 0 Å². The largest absolute Gasteiger partial charge is 0.395 e. The smallest absolute Gasteiger partial charge is 0.0700 e. The van der Waals surface area contributed by atoms with E-state index in [1.165, 1.54) is 0 Å². The lowest BCUT2D eigenvalue weighted by Crippen LogP contribution is -2.44. The van der Waals surface area contributed by atoms with Crippen LogP contribution in [0.5, 0.6) is 0 Å². The fourth-order valence-electron chi connectivity index (χ4n) is 2.02. The molecule has 14 heavy (non-hydrogen) atoms. The van der Waals surface area contributed by atoms with Gasteiger partial charge in [0.2, 0.25) is 0 Å². The maximum Gasteiger partial charge on any atom is 0.0700 e. The molecule has 1 aliphatic heterocycles. The number of nitrogens with one attached hydrogen (secondary N) is 1. The zero-order valence-electron chi connectivity index (χ0n) is 9.49. The predicted octanol–water partition coefficient (Wildman–Crippen LogP) is 1.16. The Hall–Kier alpha value is -0.120. The minimum Gasteiger partial charge on any atom is -0.395 e. The molecule has 3 nitrogen and oxygen atoms in total. The third-order valence-corrected chi connectivity index (χ3v) is 2.80. The normalized spacial score (nSPS) is 29.8. The summed E-state index contributed by atoms with van der Waals surface area (Å²) in [5.74, 6) is 0.622. The Balaban J connectivity index is 2.31. The van der Waals surface area contributed by atoms with Gasteiger partial charge in [-0.25, -0.2) is 0 Å². The highest BCUT2D eigenvalue weighted by Gasteiger charge is 2.26. The van der Waals surface area contributed by atoms with Gasteiger partial charge in [-0.15, -0.1) is 0 Å². The second kappa shape index (κ2) is 5.69. The Morgan fingerprint density at radius 2 is 2.21 bits per heavy atom. The maximum atomic E-state index is 9.22. The Morgan fingerprint density at radius 3 is 2.64 bits per heavy atom. The maximum absolute atomic E-state index is 9.22. The van der Waals surface area contributed by atoms with Gasteiger partial charge in [0.1, 0.15) is 0 Å². The van der Waals surface area contributed by atoms with Crippen molar-refractivity contribution in [2.24, 2.45) is 5.92 Å². The lowest BCUT2D eigenvalue weighted by atomic mass is 10.0. The van der Waals surface area contributed by atoms with E-state index in [0.29, 0.717) is 12.0 Å². The van der Waals surface area contributed by atoms with E-state index < -0.39 is 0 Å². The molecule has 1 saturated heterocycles. The molecule has 2 N–H and O–H groups in total. The zero-order chi connectivity index (χ0) is 10.6. The molecule has 0 aliphatic carbocycles. The number of aliphatic hydroxyl groups is 1. The Labute approximate surface area is 86.8 Å². The first-order chi connectivity index (χ1) is 6.63. The van der Waals surface area contributed by atoms with Crippen LogP contribution in [0.15, 0.2) is 0 Å². The van der Waals surface area contributed by atoms with Crippen molar-refractivity contribution < 1.29 is 9.84 Å². The fourth-order valence-corrected chi connectivity index (χ4v) is 2.02. The number of hydrogen-bond donors (Lipinski definition) is 2. The van der Waals surface area contributed by atoms with E-state index in [2.05, 4.69) is 26.1 Å². The number of aliphatic hydroxyl groups excluding tert-OH is 1. The van der Waals surface area contributed by atoms with Crippen LogP contribution in [0.2, 0.25) is 0 Å². The van der Waals surface area contributed by atoms with Gasteiger partial charge in [0.25, 0.3) is 0 Å². The second-order valence-electron chi connectivity index (χ2n) is 4.65. The molecular weight excluding hydrogens is 178 g/mol. The summed E-state index contributed by atoms with van der Waals surface area (Å²) in [6.45, 7) is 7.52. The molecule has 0 unspecified atom stereocenters. The van der Waals surface area contributed by atoms with Crippen molar-refractivity contribution in [3.8, 4) is 0 Å². The van der Waals surface area contributed by atoms with E-state index in [0.717, 1.165) is 19.4 Å². The van der Waals surface area contributed by atoms with Gasteiger partial charge in [-0.2, -0.15) is 0 Å². The molecule has 0 aromatic carbocycles. The highest BCUT2D eigenvalue weighted by Crippen LogP contribution is 2.15. The molecule has 0 aromatic rings. The minimum absolute atomic E-state index is 0.224. The summed E-state index contributed by atoms with van der Waals surface area (Å²) in [5.41, 5.74) is 0. The van der Waals surface area contributed by atoms with E-state index >= 15 is 0 Å². The van der Waals surface area contributed by atoms with Gasteiger partial charge in [-0.3, -0.25) is 0 Å². The molecule has 0 aromatic heterocycles. The number of rotatable bonds is 5. The van der Waals surface area contributed by atoms with Crippen molar-refractivity contribution >= 4 is 0 Å². The van der Waals surface area contributed by atoms with Crippen LogP contribution in [0.1, 0.15) is 33.6 Å². The van der Waals surface area contributed by atoms with Crippen molar-refractivity contribution in [3.63, 3.8) is 0 Å². The van der Waals surface area contributed by atoms with Crippen molar-refractivity contribution in [2.75, 3.05) is 13.2 Å². The summed E-state index contributed by atoms with van der Waals surface area (Å²) in [6, 6.07) is 0.648. The molecule has 3 heteroatoms. The molecule has 0 radical (unpaired) electrons. The molecule has 0 bridgehead atoms. The summed E-state index contributed by atoms with van der Waals surface area (Å²) < 4.78 is 5.47. The molecule has 0 spiro atoms. The van der Waals surface area contributed by atoms with Crippen LogP contribution in [-0.4, -0.2) is 36.5 Å². The third kappa shape index (κ3) is 3.56. The number of ether oxygens (including phenoxy) is 1. The minimum atomic E-state index is 0.224. The SMILES string of the molecule is CC(C)C[C@@H](CO)N[C@@H]1CCO[C@H]1C. The van der Waals surface area contributed by atoms with Gasteiger partial charge in [-0.1, -0.05) is 13.8 Å². The monoisotopic (exact) mass is 201 g/mol. The molecule has 3 atom stereocenters. The van der Waals surface area contributed by atoms with Gasteiger partial charge in [0, 0.05) is 18.7 Å². The molecule has 0 saturated carbocycles. The summed E-state index contributed by atoms with van der Waals surface area (Å²) in [6.07, 6.45) is 2.38.